The van der Waals surface area contributed by atoms with Gasteiger partial charge in [0.25, 0.3) is 5.91 Å². The van der Waals surface area contributed by atoms with E-state index in [0.717, 1.165) is 28.6 Å². The number of hydrogen-bond acceptors (Lipinski definition) is 3. The van der Waals surface area contributed by atoms with Gasteiger partial charge in [0.15, 0.2) is 0 Å². The van der Waals surface area contributed by atoms with Crippen molar-refractivity contribution in [3.8, 4) is 5.75 Å². The molecular weight excluding hydrogens is 314 g/mol. The minimum absolute atomic E-state index is 0.0506. The fourth-order valence-electron chi connectivity index (χ4n) is 2.69. The molecule has 25 heavy (non-hydrogen) atoms. The smallest absolute Gasteiger partial charge is 0.251 e. The Hall–Kier alpha value is -2.82. The number of amides is 1. The van der Waals surface area contributed by atoms with Gasteiger partial charge < -0.3 is 10.1 Å². The molecular formula is C20H23N3O2. The van der Waals surface area contributed by atoms with E-state index in [2.05, 4.69) is 17.3 Å². The van der Waals surface area contributed by atoms with Crippen LogP contribution in [0.5, 0.6) is 5.75 Å². The molecule has 1 amide bonds. The maximum atomic E-state index is 12.4. The zero-order valence-electron chi connectivity index (χ0n) is 14.8. The third kappa shape index (κ3) is 3.82. The number of hydrogen-bond donors (Lipinski definition) is 1. The minimum Gasteiger partial charge on any atom is -0.497 e. The number of ether oxygens (including phenoxy) is 1. The molecule has 1 heterocycles. The van der Waals surface area contributed by atoms with Crippen LogP contribution in [0, 0.1) is 0 Å². The number of aromatic nitrogens is 2. The number of methoxy groups -OCH3 is 1. The van der Waals surface area contributed by atoms with Crippen molar-refractivity contribution in [2.75, 3.05) is 7.11 Å². The monoisotopic (exact) mass is 337 g/mol. The molecule has 0 spiro atoms. The van der Waals surface area contributed by atoms with Gasteiger partial charge in [0.05, 0.1) is 25.4 Å². The van der Waals surface area contributed by atoms with E-state index >= 15 is 0 Å². The number of carbonyl (C=O) groups is 1. The lowest BCUT2D eigenvalue weighted by molar-refractivity contribution is 0.0939. The highest BCUT2D eigenvalue weighted by atomic mass is 16.5. The Balaban J connectivity index is 1.89. The summed E-state index contributed by atoms with van der Waals surface area (Å²) >= 11 is 0. The van der Waals surface area contributed by atoms with E-state index < -0.39 is 0 Å². The molecule has 0 saturated heterocycles. The highest BCUT2D eigenvalue weighted by molar-refractivity contribution is 5.98. The largest absolute Gasteiger partial charge is 0.497 e. The number of rotatable bonds is 6. The van der Waals surface area contributed by atoms with Gasteiger partial charge in [0.2, 0.25) is 0 Å². The Kier molecular flexibility index (Phi) is 5.03. The Morgan fingerprint density at radius 2 is 2.12 bits per heavy atom. The van der Waals surface area contributed by atoms with Gasteiger partial charge in [-0.15, -0.1) is 0 Å². The first kappa shape index (κ1) is 17.0. The summed E-state index contributed by atoms with van der Waals surface area (Å²) in [5.41, 5.74) is 2.69. The quantitative estimate of drug-likeness (QED) is 0.747. The van der Waals surface area contributed by atoms with Gasteiger partial charge in [-0.3, -0.25) is 9.48 Å². The molecule has 0 aliphatic rings. The minimum atomic E-state index is -0.0506. The van der Waals surface area contributed by atoms with E-state index in [1.165, 1.54) is 0 Å². The maximum Gasteiger partial charge on any atom is 0.251 e. The van der Waals surface area contributed by atoms with Crippen molar-refractivity contribution in [1.29, 1.82) is 0 Å². The second-order valence-electron chi connectivity index (χ2n) is 6.21. The molecule has 0 aliphatic carbocycles. The van der Waals surface area contributed by atoms with Gasteiger partial charge in [-0.1, -0.05) is 25.1 Å². The molecule has 0 saturated carbocycles. The normalized spacial score (nSPS) is 12.1. The van der Waals surface area contributed by atoms with Crippen molar-refractivity contribution in [3.63, 3.8) is 0 Å². The summed E-state index contributed by atoms with van der Waals surface area (Å²) < 4.78 is 7.18. The molecule has 130 valence electrons. The third-order valence-electron chi connectivity index (χ3n) is 4.36. The van der Waals surface area contributed by atoms with Gasteiger partial charge in [0, 0.05) is 17.0 Å². The molecule has 0 unspecified atom stereocenters. The molecule has 5 heteroatoms. The number of benzene rings is 2. The van der Waals surface area contributed by atoms with Crippen LogP contribution in [0.2, 0.25) is 0 Å². The lowest BCUT2D eigenvalue weighted by Crippen LogP contribution is -2.31. The van der Waals surface area contributed by atoms with Crippen LogP contribution in [0.25, 0.3) is 10.9 Å². The molecule has 3 rings (SSSR count). The van der Waals surface area contributed by atoms with Crippen LogP contribution in [0.15, 0.2) is 48.7 Å². The van der Waals surface area contributed by atoms with Crippen molar-refractivity contribution in [2.24, 2.45) is 0 Å². The van der Waals surface area contributed by atoms with Gasteiger partial charge >= 0.3 is 0 Å². The Morgan fingerprint density at radius 3 is 2.88 bits per heavy atom. The standard InChI is InChI=1S/C20H23N3O2/c1-4-14(2)22-20(24)16-8-9-17-12-21-23(19(17)11-16)13-15-6-5-7-18(10-15)25-3/h5-12,14H,4,13H2,1-3H3,(H,22,24)/t14-/m1/s1. The average Bonchev–Trinajstić information content (AvgIpc) is 3.03. The predicted octanol–water partition coefficient (Wildman–Crippen LogP) is 3.62. The molecule has 0 bridgehead atoms. The number of fused-ring (bicyclic) bond motifs is 1. The fourth-order valence-corrected chi connectivity index (χ4v) is 2.69. The molecule has 1 N–H and O–H groups in total. The molecule has 0 fully saturated rings. The maximum absolute atomic E-state index is 12.4. The van der Waals surface area contributed by atoms with Crippen LogP contribution in [0.1, 0.15) is 36.2 Å². The van der Waals surface area contributed by atoms with Gasteiger partial charge in [-0.2, -0.15) is 5.10 Å². The summed E-state index contributed by atoms with van der Waals surface area (Å²) in [5, 5.41) is 8.49. The second-order valence-corrected chi connectivity index (χ2v) is 6.21. The van der Waals surface area contributed by atoms with Crippen LogP contribution in [-0.2, 0) is 6.54 Å². The van der Waals surface area contributed by atoms with E-state index in [1.54, 1.807) is 7.11 Å². The van der Waals surface area contributed by atoms with Crippen molar-refractivity contribution in [3.05, 3.63) is 59.8 Å². The van der Waals surface area contributed by atoms with Gasteiger partial charge in [-0.05, 0) is 43.2 Å². The lowest BCUT2D eigenvalue weighted by Gasteiger charge is -2.11. The second kappa shape index (κ2) is 7.38. The summed E-state index contributed by atoms with van der Waals surface area (Å²) in [6.07, 6.45) is 2.73. The Bertz CT molecular complexity index is 886. The zero-order valence-corrected chi connectivity index (χ0v) is 14.8. The highest BCUT2D eigenvalue weighted by Crippen LogP contribution is 2.19. The Labute approximate surface area is 147 Å². The van der Waals surface area contributed by atoms with Gasteiger partial charge in [0.1, 0.15) is 5.75 Å². The number of carbonyl (C=O) groups excluding carboxylic acids is 1. The first-order chi connectivity index (χ1) is 12.1. The first-order valence-electron chi connectivity index (χ1n) is 8.50. The number of nitrogens with zero attached hydrogens (tertiary/aromatic N) is 2. The lowest BCUT2D eigenvalue weighted by atomic mass is 10.1. The third-order valence-corrected chi connectivity index (χ3v) is 4.36. The van der Waals surface area contributed by atoms with E-state index in [9.17, 15) is 4.79 Å². The van der Waals surface area contributed by atoms with E-state index in [-0.39, 0.29) is 11.9 Å². The van der Waals surface area contributed by atoms with E-state index in [4.69, 9.17) is 4.74 Å². The van der Waals surface area contributed by atoms with Crippen LogP contribution in [0.4, 0.5) is 0 Å². The van der Waals surface area contributed by atoms with Crippen LogP contribution < -0.4 is 10.1 Å². The fraction of sp³-hybridized carbons (Fsp3) is 0.300. The highest BCUT2D eigenvalue weighted by Gasteiger charge is 2.11. The average molecular weight is 337 g/mol. The summed E-state index contributed by atoms with van der Waals surface area (Å²) in [5.74, 6) is 0.771. The summed E-state index contributed by atoms with van der Waals surface area (Å²) in [4.78, 5) is 12.4. The molecule has 1 aromatic heterocycles. The predicted molar refractivity (Wildman–Crippen MR) is 99.0 cm³/mol. The van der Waals surface area contributed by atoms with E-state index in [1.807, 2.05) is 60.3 Å². The van der Waals surface area contributed by atoms with Crippen molar-refractivity contribution in [2.45, 2.75) is 32.9 Å². The first-order valence-corrected chi connectivity index (χ1v) is 8.50. The van der Waals surface area contributed by atoms with Crippen LogP contribution >= 0.6 is 0 Å². The molecule has 0 radical (unpaired) electrons. The summed E-state index contributed by atoms with van der Waals surface area (Å²) in [7, 11) is 1.66. The molecule has 5 nitrogen and oxygen atoms in total. The van der Waals surface area contributed by atoms with Crippen LogP contribution in [-0.4, -0.2) is 28.8 Å². The molecule has 3 aromatic rings. The van der Waals surface area contributed by atoms with Crippen LogP contribution in [0.3, 0.4) is 0 Å². The van der Waals surface area contributed by atoms with Crippen molar-refractivity contribution >= 4 is 16.8 Å². The summed E-state index contributed by atoms with van der Waals surface area (Å²) in [6, 6.07) is 13.8. The molecule has 1 atom stereocenters. The molecule has 0 aliphatic heterocycles. The topological polar surface area (TPSA) is 56.2 Å². The molecule has 2 aromatic carbocycles. The van der Waals surface area contributed by atoms with Crippen molar-refractivity contribution in [1.82, 2.24) is 15.1 Å². The van der Waals surface area contributed by atoms with Crippen molar-refractivity contribution < 1.29 is 9.53 Å². The SMILES string of the molecule is CC[C@@H](C)NC(=O)c1ccc2cnn(Cc3cccc(OC)c3)c2c1. The zero-order chi connectivity index (χ0) is 17.8. The van der Waals surface area contributed by atoms with Gasteiger partial charge in [-0.25, -0.2) is 0 Å². The van der Waals surface area contributed by atoms with E-state index in [0.29, 0.717) is 12.1 Å². The number of nitrogens with one attached hydrogen (secondary N) is 1. The summed E-state index contributed by atoms with van der Waals surface area (Å²) in [6.45, 7) is 4.68. The Morgan fingerprint density at radius 1 is 1.28 bits per heavy atom.